The highest BCUT2D eigenvalue weighted by molar-refractivity contribution is 7.16. The van der Waals surface area contributed by atoms with Crippen LogP contribution in [0.25, 0.3) is 20.0 Å². The number of urea groups is 1. The predicted molar refractivity (Wildman–Crippen MR) is 552 cm³/mol. The van der Waals surface area contributed by atoms with E-state index in [1.54, 1.807) is 69.8 Å². The lowest BCUT2D eigenvalue weighted by atomic mass is 9.99. The number of benzene rings is 4. The fraction of sp³-hybridized carbons (Fsp3) is 0.384. The van der Waals surface area contributed by atoms with Crippen molar-refractivity contribution in [3.05, 3.63) is 250 Å². The van der Waals surface area contributed by atoms with Crippen molar-refractivity contribution in [3.63, 3.8) is 0 Å². The lowest BCUT2D eigenvalue weighted by molar-refractivity contribution is -0.147. The average Bonchev–Trinajstić information content (AvgIpc) is 1.60. The summed E-state index contributed by atoms with van der Waals surface area (Å²) in [5, 5.41) is 68.9. The van der Waals surface area contributed by atoms with E-state index in [9.17, 15) is 48.3 Å². The van der Waals surface area contributed by atoms with E-state index in [0.717, 1.165) is 133 Å². The molecule has 750 valence electrons. The van der Waals surface area contributed by atoms with Crippen molar-refractivity contribution >= 4 is 168 Å². The molecule has 144 heavy (non-hydrogen) atoms. The fourth-order valence-corrected chi connectivity index (χ4v) is 24.2. The van der Waals surface area contributed by atoms with Crippen LogP contribution < -0.4 is 5.73 Å². The van der Waals surface area contributed by atoms with Gasteiger partial charge in [-0.15, -0.1) is 86.1 Å². The van der Waals surface area contributed by atoms with Gasteiger partial charge in [0, 0.05) is 189 Å². The van der Waals surface area contributed by atoms with E-state index in [-0.39, 0.29) is 55.9 Å². The maximum atomic E-state index is 13.5. The zero-order valence-corrected chi connectivity index (χ0v) is 87.4. The van der Waals surface area contributed by atoms with Gasteiger partial charge in [0.1, 0.15) is 73.9 Å². The number of piperazine rings is 4. The number of nitrogens with zero attached hydrogens (tertiary/aromatic N) is 24. The van der Waals surface area contributed by atoms with Crippen LogP contribution in [0.1, 0.15) is 189 Å². The Morgan fingerprint density at radius 2 is 0.528 bits per heavy atom. The summed E-state index contributed by atoms with van der Waals surface area (Å²) >= 11 is 31.3. The number of aliphatic imine (C=N–C) groups is 4. The van der Waals surface area contributed by atoms with Crippen LogP contribution in [0, 0.1) is 83.1 Å². The van der Waals surface area contributed by atoms with Crippen molar-refractivity contribution in [2.45, 2.75) is 139 Å². The average molecular weight is 2110 g/mol. The Labute approximate surface area is 865 Å². The number of carbonyl (C=O) groups is 9. The molecule has 4 aromatic carbocycles. The van der Waals surface area contributed by atoms with Crippen molar-refractivity contribution in [1.82, 2.24) is 98.3 Å². The lowest BCUT2D eigenvalue weighted by Gasteiger charge is -2.35. The van der Waals surface area contributed by atoms with Crippen molar-refractivity contribution in [1.29, 1.82) is 0 Å². The number of rotatable bonds is 16. The molecule has 12 aromatic rings. The molecule has 0 spiro atoms. The number of carboxylic acids is 2. The summed E-state index contributed by atoms with van der Waals surface area (Å²) in [5.74, 6) is 2.80. The molecule has 16 heterocycles. The second-order valence-electron chi connectivity index (χ2n) is 36.2. The number of aromatic nitrogens is 12. The fourth-order valence-electron chi connectivity index (χ4n) is 18.8. The molecule has 0 aliphatic carbocycles. The van der Waals surface area contributed by atoms with Crippen LogP contribution in [0.2, 0.25) is 20.1 Å². The molecule has 0 bridgehead atoms. The van der Waals surface area contributed by atoms with Crippen molar-refractivity contribution < 1.29 is 58.5 Å². The topological polar surface area (TPSA) is 439 Å². The number of carbonyl (C=O) groups excluding carboxylic acids is 6. The summed E-state index contributed by atoms with van der Waals surface area (Å²) in [6, 6.07) is 27.7. The number of aryl methyl sites for hydroxylation is 8. The van der Waals surface area contributed by atoms with Gasteiger partial charge >= 0.3 is 24.1 Å². The van der Waals surface area contributed by atoms with Crippen molar-refractivity contribution in [2.24, 2.45) is 25.7 Å². The SMILES string of the molecule is Cc1sc2c(c1C)C(c1ccc(Cl)cc1)=N[C@@H](CC(=O)N1CCN(C(=O)CC(=O)O)CC1)c1nnc(C)n1-2.Cc1sc2c(c1C)C(c1ccc(Cl)cc1)=N[C@@H](CC(=O)N1CCN(C(=O)O)CC1)c1nnc(C)n1-2.Cc1sc2c(c1C)C(c1ccc(Cl)cc1)=N[C@@H](CC(=O)N1CCN(C(N)=O)CC1)c1nnc(C)n1-2.Cc1sc2c(c1C)C(c1ccc(Cl)cc1)=N[C@@H](CC(=O)N1CCN(CC(=O)O)CC1)c1nnc(C)n1-2. The van der Waals surface area contributed by atoms with Gasteiger partial charge in [-0.05, 0) is 154 Å². The van der Waals surface area contributed by atoms with E-state index in [0.29, 0.717) is 148 Å². The minimum Gasteiger partial charge on any atom is -0.481 e. The molecule has 8 aliphatic heterocycles. The molecule has 8 aliphatic rings. The predicted octanol–water partition coefficient (Wildman–Crippen LogP) is 14.2. The Balaban J connectivity index is 0.000000132. The monoisotopic (exact) mass is 2100 g/mol. The number of hydrogen-bond acceptors (Lipinski definition) is 26. The van der Waals surface area contributed by atoms with Crippen LogP contribution >= 0.6 is 91.8 Å². The number of thiophene rings is 4. The van der Waals surface area contributed by atoms with Crippen molar-refractivity contribution in [2.75, 3.05) is 111 Å². The summed E-state index contributed by atoms with van der Waals surface area (Å²) < 4.78 is 8.10. The summed E-state index contributed by atoms with van der Waals surface area (Å²) in [6.07, 6.45) is -0.991. The number of fused-ring (bicyclic) bond motifs is 12. The standard InChI is InChI=1S/C26H27ClN6O4S.C25H27ClN6O3S.C24H26ClN7O2S.C24H25ClN6O3S/c1-14-15(2)38-26-23(14)24(17-4-6-18(27)7-5-17)28-19(25-30-29-16(3)33(25)26)12-20(34)31-8-10-32(11-9-31)21(35)13-22(36)37;1-14-15(2)36-25-22(14)23(17-4-6-18(26)7-5-17)27-19(24-29-28-16(3)32(24)25)12-20(33)31-10-8-30(9-11-31)13-21(34)35;1-13-14(2)35-23-20(13)21(16-4-6-17(25)7-5-16)27-18(22-29-28-15(3)32(22)23)12-19(33)30-8-10-31(11-9-30)24(26)34;1-13-14(2)35-23-20(13)21(16-4-6-17(25)7-5-16)26-18(22-28-27-15(3)31(22)23)12-19(32)29-8-10-30(11-9-29)24(33)34/h4-7,19H,8-13H2,1-3H3,(H,36,37);4-7,19H,8-13H2,1-3H3,(H,34,35);4-7,18H,8-12H2,1-3H3,(H2,26,34);4-7,18H,8-12H2,1-3H3,(H,33,34)/t2*19-;2*18-/m0000/s1. The van der Waals surface area contributed by atoms with Gasteiger partial charge in [0.25, 0.3) is 0 Å². The Morgan fingerprint density at radius 1 is 0.306 bits per heavy atom. The minimum absolute atomic E-state index is 0.0110. The van der Waals surface area contributed by atoms with Gasteiger partial charge < -0.3 is 55.4 Å². The van der Waals surface area contributed by atoms with E-state index in [1.165, 1.54) is 29.3 Å². The van der Waals surface area contributed by atoms with Gasteiger partial charge in [-0.1, -0.05) is 94.9 Å². The molecule has 0 unspecified atom stereocenters. The van der Waals surface area contributed by atoms with Crippen LogP contribution in [0.15, 0.2) is 117 Å². The molecule has 37 nitrogen and oxygen atoms in total. The quantitative estimate of drug-likeness (QED) is 0.0653. The number of nitrogens with two attached hydrogens (primary N) is 1. The van der Waals surface area contributed by atoms with Gasteiger partial charge in [0.15, 0.2) is 23.3 Å². The summed E-state index contributed by atoms with van der Waals surface area (Å²) in [5.41, 5.74) is 20.9. The second kappa shape index (κ2) is 43.0. The lowest BCUT2D eigenvalue weighted by Crippen LogP contribution is -2.52. The van der Waals surface area contributed by atoms with Crippen LogP contribution in [-0.4, -0.2) is 301 Å². The second-order valence-corrected chi connectivity index (χ2v) is 42.7. The molecule has 0 radical (unpaired) electrons. The highest BCUT2D eigenvalue weighted by Crippen LogP contribution is 2.46. The van der Waals surface area contributed by atoms with E-state index in [2.05, 4.69) is 96.2 Å². The molecular weight excluding hydrogens is 2000 g/mol. The molecule has 8 aromatic heterocycles. The van der Waals surface area contributed by atoms with Crippen molar-refractivity contribution in [3.8, 4) is 20.0 Å². The van der Waals surface area contributed by atoms with Crippen LogP contribution in [-0.2, 0) is 33.6 Å². The Bertz CT molecular complexity index is 6960. The third-order valence-corrected chi connectivity index (χ3v) is 32.9. The van der Waals surface area contributed by atoms with Crippen LogP contribution in [0.5, 0.6) is 0 Å². The zero-order chi connectivity index (χ0) is 102. The highest BCUT2D eigenvalue weighted by atomic mass is 35.5. The van der Waals surface area contributed by atoms with Gasteiger partial charge in [-0.2, -0.15) is 0 Å². The molecule has 4 atom stereocenters. The summed E-state index contributed by atoms with van der Waals surface area (Å²) in [7, 11) is 0. The molecule has 20 rings (SSSR count). The van der Waals surface area contributed by atoms with Gasteiger partial charge in [-0.3, -0.25) is 76.7 Å². The first-order chi connectivity index (χ1) is 68.8. The van der Waals surface area contributed by atoms with E-state index >= 15 is 0 Å². The van der Waals surface area contributed by atoms with E-state index in [4.69, 9.17) is 82.3 Å². The van der Waals surface area contributed by atoms with Gasteiger partial charge in [0.05, 0.1) is 55.1 Å². The normalized spacial score (nSPS) is 17.4. The van der Waals surface area contributed by atoms with Gasteiger partial charge in [-0.25, -0.2) is 9.59 Å². The number of primary amides is 1. The Kier molecular flexibility index (Phi) is 30.6. The van der Waals surface area contributed by atoms with Crippen LogP contribution in [0.4, 0.5) is 9.59 Å². The van der Waals surface area contributed by atoms with Gasteiger partial charge in [0.2, 0.25) is 29.5 Å². The maximum absolute atomic E-state index is 13.5. The Morgan fingerprint density at radius 3 is 0.750 bits per heavy atom. The summed E-state index contributed by atoms with van der Waals surface area (Å²) in [4.78, 5) is 149. The third kappa shape index (κ3) is 21.3. The molecule has 45 heteroatoms. The molecule has 4 saturated heterocycles. The molecule has 5 N–H and O–H groups in total. The number of carboxylic acid groups (broad SMARTS) is 3. The number of aliphatic carboxylic acids is 2. The molecule has 0 saturated carbocycles. The first-order valence-electron chi connectivity index (χ1n) is 46.9. The smallest absolute Gasteiger partial charge is 0.407 e. The maximum Gasteiger partial charge on any atom is 0.407 e. The van der Waals surface area contributed by atoms with E-state index in [1.807, 2.05) is 148 Å². The number of hydrogen-bond donors (Lipinski definition) is 4. The largest absolute Gasteiger partial charge is 0.481 e. The third-order valence-electron chi connectivity index (χ3n) is 27.1. The summed E-state index contributed by atoms with van der Waals surface area (Å²) in [6.45, 7) is 30.7. The van der Waals surface area contributed by atoms with E-state index < -0.39 is 60.6 Å². The first-order valence-corrected chi connectivity index (χ1v) is 51.7. The highest BCUT2D eigenvalue weighted by Gasteiger charge is 2.42. The molecule has 4 fully saturated rings. The number of amides is 8. The van der Waals surface area contributed by atoms with Crippen LogP contribution in [0.3, 0.4) is 0 Å². The minimum atomic E-state index is -1.16. The zero-order valence-electron chi connectivity index (χ0n) is 81.1. The molecular formula is C99H105Cl4N25O12S4. The Hall–Kier alpha value is -13.1. The number of halogens is 4. The first kappa shape index (κ1) is 102. The molecule has 8 amide bonds.